The van der Waals surface area contributed by atoms with Crippen LogP contribution in [0.2, 0.25) is 0 Å². The molecule has 0 radical (unpaired) electrons. The van der Waals surface area contributed by atoms with Crippen LogP contribution in [0.1, 0.15) is 5.56 Å². The van der Waals surface area contributed by atoms with E-state index in [0.29, 0.717) is 5.52 Å². The predicted molar refractivity (Wildman–Crippen MR) is 94.6 cm³/mol. The average molecular weight is 316 g/mol. The van der Waals surface area contributed by atoms with Gasteiger partial charge in [0.05, 0.1) is 5.52 Å². The van der Waals surface area contributed by atoms with Crippen molar-refractivity contribution < 1.29 is 10.2 Å². The molecular formula is C20H16N2O2. The molecule has 4 rings (SSSR count). The van der Waals surface area contributed by atoms with Gasteiger partial charge < -0.3 is 10.2 Å². The topological polar surface area (TPSA) is 58.3 Å². The molecule has 2 N–H and O–H groups in total. The number of nitrogens with zero attached hydrogens (tertiary/aromatic N) is 2. The summed E-state index contributed by atoms with van der Waals surface area (Å²) in [6.07, 6.45) is 0. The smallest absolute Gasteiger partial charge is 0.186 e. The normalized spacial score (nSPS) is 11.0. The monoisotopic (exact) mass is 316 g/mol. The minimum atomic E-state index is -0.199. The van der Waals surface area contributed by atoms with E-state index < -0.39 is 0 Å². The van der Waals surface area contributed by atoms with Crippen molar-refractivity contribution in [3.05, 3.63) is 72.3 Å². The van der Waals surface area contributed by atoms with Crippen LogP contribution in [0.25, 0.3) is 28.1 Å². The minimum absolute atomic E-state index is 0.171. The van der Waals surface area contributed by atoms with Gasteiger partial charge in [-0.2, -0.15) is 0 Å². The average Bonchev–Trinajstić information content (AvgIpc) is 3.00. The van der Waals surface area contributed by atoms with E-state index >= 15 is 0 Å². The fraction of sp³-hybridized carbons (Fsp3) is 0.0500. The summed E-state index contributed by atoms with van der Waals surface area (Å²) in [5.74, 6) is 0.349. The maximum atomic E-state index is 10.2. The first-order valence-electron chi connectivity index (χ1n) is 7.71. The number of aromatic hydroxyl groups is 2. The van der Waals surface area contributed by atoms with Gasteiger partial charge in [0.25, 0.3) is 0 Å². The lowest BCUT2D eigenvalue weighted by molar-refractivity contribution is 0.407. The van der Waals surface area contributed by atoms with Gasteiger partial charge in [-0.05, 0) is 31.2 Å². The molecule has 0 fully saturated rings. The predicted octanol–water partition coefficient (Wildman–Crippen LogP) is 4.41. The van der Waals surface area contributed by atoms with Crippen LogP contribution in [0.4, 0.5) is 0 Å². The first kappa shape index (κ1) is 14.3. The number of hydrogen-bond acceptors (Lipinski definition) is 3. The van der Waals surface area contributed by atoms with Gasteiger partial charge in [-0.15, -0.1) is 0 Å². The largest absolute Gasteiger partial charge is 0.504 e. The van der Waals surface area contributed by atoms with Gasteiger partial charge in [-0.3, -0.25) is 4.57 Å². The number of imidazole rings is 1. The highest BCUT2D eigenvalue weighted by Gasteiger charge is 2.18. The van der Waals surface area contributed by atoms with Crippen molar-refractivity contribution in [2.75, 3.05) is 0 Å². The summed E-state index contributed by atoms with van der Waals surface area (Å²) >= 11 is 0. The Labute approximate surface area is 139 Å². The fourth-order valence-corrected chi connectivity index (χ4v) is 2.86. The molecule has 0 aliphatic heterocycles. The lowest BCUT2D eigenvalue weighted by atomic mass is 10.2. The van der Waals surface area contributed by atoms with Crippen molar-refractivity contribution in [3.8, 4) is 28.6 Å². The highest BCUT2D eigenvalue weighted by molar-refractivity contribution is 5.89. The highest BCUT2D eigenvalue weighted by Crippen LogP contribution is 2.37. The van der Waals surface area contributed by atoms with E-state index in [0.717, 1.165) is 22.6 Å². The van der Waals surface area contributed by atoms with Crippen molar-refractivity contribution in [1.82, 2.24) is 9.55 Å². The maximum Gasteiger partial charge on any atom is 0.186 e. The number of phenolic OH excluding ortho intramolecular Hbond substituents is 2. The van der Waals surface area contributed by atoms with Gasteiger partial charge in [0, 0.05) is 11.3 Å². The zero-order valence-electron chi connectivity index (χ0n) is 13.1. The molecule has 0 aliphatic carbocycles. The van der Waals surface area contributed by atoms with E-state index in [1.807, 2.05) is 66.1 Å². The van der Waals surface area contributed by atoms with Crippen molar-refractivity contribution in [1.29, 1.82) is 0 Å². The number of hydrogen-bond donors (Lipinski definition) is 2. The molecule has 0 atom stereocenters. The van der Waals surface area contributed by atoms with E-state index in [1.54, 1.807) is 6.07 Å². The van der Waals surface area contributed by atoms with Crippen LogP contribution < -0.4 is 0 Å². The second kappa shape index (κ2) is 5.42. The first-order valence-corrected chi connectivity index (χ1v) is 7.71. The Morgan fingerprint density at radius 2 is 1.54 bits per heavy atom. The quantitative estimate of drug-likeness (QED) is 0.538. The van der Waals surface area contributed by atoms with Crippen LogP contribution in [0.3, 0.4) is 0 Å². The van der Waals surface area contributed by atoms with Crippen LogP contribution in [0.5, 0.6) is 11.5 Å². The lowest BCUT2D eigenvalue weighted by Gasteiger charge is -2.10. The Morgan fingerprint density at radius 1 is 0.833 bits per heavy atom. The van der Waals surface area contributed by atoms with E-state index in [1.165, 1.54) is 11.6 Å². The van der Waals surface area contributed by atoms with Crippen molar-refractivity contribution in [2.24, 2.45) is 0 Å². The number of benzene rings is 3. The molecule has 1 aromatic heterocycles. The van der Waals surface area contributed by atoms with Crippen LogP contribution >= 0.6 is 0 Å². The van der Waals surface area contributed by atoms with E-state index in [9.17, 15) is 10.2 Å². The maximum absolute atomic E-state index is 10.2. The molecule has 0 amide bonds. The molecule has 0 unspecified atom stereocenters. The summed E-state index contributed by atoms with van der Waals surface area (Å²) in [6, 6.07) is 21.2. The molecule has 4 aromatic rings. The SMILES string of the molecule is Cc1ccc(-n2c(-c3ccccc3)nc3c(O)c(O)ccc32)cc1. The van der Waals surface area contributed by atoms with Gasteiger partial charge in [-0.25, -0.2) is 4.98 Å². The second-order valence-electron chi connectivity index (χ2n) is 5.77. The number of aryl methyl sites for hydroxylation is 1. The Kier molecular flexibility index (Phi) is 3.24. The van der Waals surface area contributed by atoms with Crippen molar-refractivity contribution in [2.45, 2.75) is 6.92 Å². The van der Waals surface area contributed by atoms with E-state index in [-0.39, 0.29) is 11.5 Å². The number of aromatic nitrogens is 2. The summed E-state index contributed by atoms with van der Waals surface area (Å²) in [4.78, 5) is 4.60. The van der Waals surface area contributed by atoms with Gasteiger partial charge in [0.15, 0.2) is 11.5 Å². The minimum Gasteiger partial charge on any atom is -0.504 e. The standard InChI is InChI=1S/C20H16N2O2/c1-13-7-9-15(10-8-13)22-16-11-12-17(23)19(24)18(16)21-20(22)14-5-3-2-4-6-14/h2-12,23-24H,1H3. The van der Waals surface area contributed by atoms with Crippen LogP contribution in [0.15, 0.2) is 66.7 Å². The van der Waals surface area contributed by atoms with Gasteiger partial charge in [0.2, 0.25) is 0 Å². The molecule has 24 heavy (non-hydrogen) atoms. The zero-order valence-corrected chi connectivity index (χ0v) is 13.1. The molecule has 0 bridgehead atoms. The third-order valence-electron chi connectivity index (χ3n) is 4.10. The Hall–Kier alpha value is -3.27. The van der Waals surface area contributed by atoms with Gasteiger partial charge in [-0.1, -0.05) is 48.0 Å². The molecule has 4 nitrogen and oxygen atoms in total. The fourth-order valence-electron chi connectivity index (χ4n) is 2.86. The third kappa shape index (κ3) is 2.20. The first-order chi connectivity index (χ1) is 11.6. The summed E-state index contributed by atoms with van der Waals surface area (Å²) in [6.45, 7) is 2.04. The Morgan fingerprint density at radius 3 is 2.25 bits per heavy atom. The number of rotatable bonds is 2. The van der Waals surface area contributed by atoms with Gasteiger partial charge in [0.1, 0.15) is 11.3 Å². The van der Waals surface area contributed by atoms with E-state index in [4.69, 9.17) is 0 Å². The molecule has 1 heterocycles. The van der Waals surface area contributed by atoms with Crippen molar-refractivity contribution in [3.63, 3.8) is 0 Å². The number of phenols is 2. The molecule has 0 saturated carbocycles. The lowest BCUT2D eigenvalue weighted by Crippen LogP contribution is -1.97. The summed E-state index contributed by atoms with van der Waals surface area (Å²) in [5.41, 5.74) is 4.19. The molecular weight excluding hydrogens is 300 g/mol. The molecule has 118 valence electrons. The molecule has 0 saturated heterocycles. The van der Waals surface area contributed by atoms with Crippen LogP contribution in [-0.2, 0) is 0 Å². The van der Waals surface area contributed by atoms with Crippen LogP contribution in [0, 0.1) is 6.92 Å². The van der Waals surface area contributed by atoms with Gasteiger partial charge >= 0.3 is 0 Å². The van der Waals surface area contributed by atoms with Crippen LogP contribution in [-0.4, -0.2) is 19.8 Å². The summed E-state index contributed by atoms with van der Waals surface area (Å²) in [7, 11) is 0. The summed E-state index contributed by atoms with van der Waals surface area (Å²) in [5, 5.41) is 20.0. The molecule has 0 aliphatic rings. The number of fused-ring (bicyclic) bond motifs is 1. The second-order valence-corrected chi connectivity index (χ2v) is 5.77. The summed E-state index contributed by atoms with van der Waals surface area (Å²) < 4.78 is 1.99. The molecule has 0 spiro atoms. The third-order valence-corrected chi connectivity index (χ3v) is 4.10. The molecule has 4 heteroatoms. The Bertz CT molecular complexity index is 1020. The highest BCUT2D eigenvalue weighted by atomic mass is 16.3. The van der Waals surface area contributed by atoms with E-state index in [2.05, 4.69) is 4.98 Å². The van der Waals surface area contributed by atoms with Crippen molar-refractivity contribution >= 4 is 11.0 Å². The molecule has 3 aromatic carbocycles. The zero-order chi connectivity index (χ0) is 16.7. The Balaban J connectivity index is 2.09.